The number of urea groups is 1. The van der Waals surface area contributed by atoms with E-state index in [9.17, 15) is 9.59 Å². The van der Waals surface area contributed by atoms with E-state index in [4.69, 9.17) is 9.72 Å². The van der Waals surface area contributed by atoms with Crippen molar-refractivity contribution in [3.05, 3.63) is 82.8 Å². The molecule has 5 aliphatic heterocycles. The molecule has 2 aromatic carbocycles. The van der Waals surface area contributed by atoms with Crippen molar-refractivity contribution < 1.29 is 14.3 Å². The van der Waals surface area contributed by atoms with Gasteiger partial charge in [0.25, 0.3) is 0 Å². The quantitative estimate of drug-likeness (QED) is 0.236. The molecule has 274 valence electrons. The minimum Gasteiger partial charge on any atom is -0.474 e. The summed E-state index contributed by atoms with van der Waals surface area (Å²) in [6.07, 6.45) is 7.39. The molecule has 5 aliphatic rings. The number of nitrogens with zero attached hydrogens (tertiary/aromatic N) is 7. The average Bonchev–Trinajstić information content (AvgIpc) is 3.15. The molecule has 13 heteroatoms. The molecular formula is C40H46N10O3. The molecule has 0 unspecified atom stereocenters. The van der Waals surface area contributed by atoms with Gasteiger partial charge in [-0.25, -0.2) is 19.7 Å². The number of hydrogen-bond donors (Lipinski definition) is 3. The molecule has 0 atom stereocenters. The normalized spacial score (nSPS) is 19.5. The van der Waals surface area contributed by atoms with Crippen molar-refractivity contribution in [2.45, 2.75) is 58.0 Å². The number of hydrogen-bond acceptors (Lipinski definition) is 11. The zero-order valence-corrected chi connectivity index (χ0v) is 30.4. The van der Waals surface area contributed by atoms with Crippen LogP contribution in [0.3, 0.4) is 0 Å². The van der Waals surface area contributed by atoms with Crippen molar-refractivity contribution in [2.24, 2.45) is 0 Å². The maximum atomic E-state index is 12.4. The van der Waals surface area contributed by atoms with E-state index >= 15 is 0 Å². The molecule has 3 saturated heterocycles. The van der Waals surface area contributed by atoms with Gasteiger partial charge >= 0.3 is 6.03 Å². The monoisotopic (exact) mass is 714 g/mol. The summed E-state index contributed by atoms with van der Waals surface area (Å²) in [7, 11) is 0. The van der Waals surface area contributed by atoms with Crippen LogP contribution in [0.1, 0.15) is 53.1 Å². The zero-order chi connectivity index (χ0) is 36.1. The Labute approximate surface area is 309 Å². The number of carbonyl (C=O) groups excluding carboxylic acids is 2. The number of ether oxygens (including phenoxy) is 1. The van der Waals surface area contributed by atoms with Crippen LogP contribution in [0.5, 0.6) is 5.88 Å². The van der Waals surface area contributed by atoms with E-state index in [1.54, 1.807) is 4.90 Å². The van der Waals surface area contributed by atoms with Gasteiger partial charge in [-0.05, 0) is 80.1 Å². The van der Waals surface area contributed by atoms with E-state index in [0.29, 0.717) is 49.9 Å². The van der Waals surface area contributed by atoms with Crippen molar-refractivity contribution in [1.29, 1.82) is 0 Å². The molecule has 9 rings (SSSR count). The Balaban J connectivity index is 0.762. The number of piperidine rings is 1. The Morgan fingerprint density at radius 1 is 0.887 bits per heavy atom. The maximum Gasteiger partial charge on any atom is 0.328 e. The van der Waals surface area contributed by atoms with Gasteiger partial charge in [-0.1, -0.05) is 12.1 Å². The Kier molecular flexibility index (Phi) is 8.73. The van der Waals surface area contributed by atoms with E-state index < -0.39 is 0 Å². The predicted molar refractivity (Wildman–Crippen MR) is 206 cm³/mol. The third-order valence-corrected chi connectivity index (χ3v) is 11.6. The molecule has 2 aromatic heterocycles. The number of imide groups is 1. The third-order valence-electron chi connectivity index (χ3n) is 11.6. The van der Waals surface area contributed by atoms with Gasteiger partial charge in [-0.2, -0.15) is 0 Å². The van der Waals surface area contributed by atoms with Crippen LogP contribution in [-0.2, 0) is 17.8 Å². The smallest absolute Gasteiger partial charge is 0.328 e. The minimum absolute atomic E-state index is 0.211. The van der Waals surface area contributed by atoms with Crippen molar-refractivity contribution >= 4 is 46.3 Å². The highest BCUT2D eigenvalue weighted by atomic mass is 16.5. The van der Waals surface area contributed by atoms with Crippen LogP contribution in [-0.4, -0.2) is 90.3 Å². The molecule has 3 N–H and O–H groups in total. The van der Waals surface area contributed by atoms with Gasteiger partial charge in [-0.3, -0.25) is 19.9 Å². The highest BCUT2D eigenvalue weighted by molar-refractivity contribution is 6.06. The number of anilines is 6. The molecule has 7 heterocycles. The summed E-state index contributed by atoms with van der Waals surface area (Å²) in [4.78, 5) is 47.2. The van der Waals surface area contributed by atoms with Crippen molar-refractivity contribution in [3.8, 4) is 5.88 Å². The number of carbonyl (C=O) groups is 2. The lowest BCUT2D eigenvalue weighted by molar-refractivity contribution is -0.120. The van der Waals surface area contributed by atoms with Gasteiger partial charge in [0.15, 0.2) is 0 Å². The van der Waals surface area contributed by atoms with Gasteiger partial charge in [-0.15, -0.1) is 0 Å². The number of nitrogens with one attached hydrogen (secondary N) is 3. The number of likely N-dealkylation sites (tertiary alicyclic amines) is 1. The van der Waals surface area contributed by atoms with Crippen LogP contribution in [0.4, 0.5) is 39.2 Å². The Hall–Kier alpha value is -5.43. The molecule has 0 radical (unpaired) electrons. The summed E-state index contributed by atoms with van der Waals surface area (Å²) in [6, 6.07) is 15.4. The first-order chi connectivity index (χ1) is 25.9. The molecule has 53 heavy (non-hydrogen) atoms. The third kappa shape index (κ3) is 6.58. The summed E-state index contributed by atoms with van der Waals surface area (Å²) in [6.45, 7) is 11.9. The van der Waals surface area contributed by atoms with Gasteiger partial charge in [0.1, 0.15) is 12.3 Å². The van der Waals surface area contributed by atoms with Gasteiger partial charge in [0.2, 0.25) is 17.7 Å². The van der Waals surface area contributed by atoms with E-state index in [1.165, 1.54) is 16.8 Å². The number of fused-ring (bicyclic) bond motifs is 2. The second kappa shape index (κ2) is 13.8. The summed E-state index contributed by atoms with van der Waals surface area (Å²) in [5.41, 5.74) is 11.0. The molecular weight excluding hydrogens is 669 g/mol. The highest BCUT2D eigenvalue weighted by Crippen LogP contribution is 2.37. The summed E-state index contributed by atoms with van der Waals surface area (Å²) in [5, 5.41) is 9.32. The van der Waals surface area contributed by atoms with E-state index in [2.05, 4.69) is 83.9 Å². The van der Waals surface area contributed by atoms with Crippen molar-refractivity contribution in [2.75, 3.05) is 77.8 Å². The number of pyridine rings is 1. The maximum absolute atomic E-state index is 12.4. The number of aryl methyl sites for hydroxylation is 1. The topological polar surface area (TPSA) is 131 Å². The SMILES string of the molecule is Cc1cc(N2CCC(N3CC(c4ccc(Nc5ncc6c(n5)CN(c5cnc7c(c5C)NCCO7)CC6)cc4)C3)CC2)ccc1N1CCC(=O)NC1=O. The summed E-state index contributed by atoms with van der Waals surface area (Å²) >= 11 is 0. The van der Waals surface area contributed by atoms with Gasteiger partial charge in [0, 0.05) is 93.0 Å². The fourth-order valence-electron chi connectivity index (χ4n) is 8.51. The lowest BCUT2D eigenvalue weighted by Crippen LogP contribution is -2.54. The Morgan fingerprint density at radius 2 is 1.72 bits per heavy atom. The summed E-state index contributed by atoms with van der Waals surface area (Å²) < 4.78 is 5.73. The number of benzene rings is 2. The number of amides is 3. The first-order valence-electron chi connectivity index (χ1n) is 18.9. The molecule has 0 spiro atoms. The van der Waals surface area contributed by atoms with Gasteiger partial charge in [0.05, 0.1) is 24.1 Å². The second-order valence-corrected chi connectivity index (χ2v) is 14.9. The first kappa shape index (κ1) is 33.4. The van der Waals surface area contributed by atoms with Crippen LogP contribution in [0.2, 0.25) is 0 Å². The molecule has 3 fully saturated rings. The average molecular weight is 715 g/mol. The van der Waals surface area contributed by atoms with Crippen LogP contribution >= 0.6 is 0 Å². The zero-order valence-electron chi connectivity index (χ0n) is 30.4. The van der Waals surface area contributed by atoms with E-state index in [-0.39, 0.29) is 11.9 Å². The van der Waals surface area contributed by atoms with Crippen LogP contribution in [0.25, 0.3) is 0 Å². The highest BCUT2D eigenvalue weighted by Gasteiger charge is 2.35. The van der Waals surface area contributed by atoms with Gasteiger partial charge < -0.3 is 25.2 Å². The Bertz CT molecular complexity index is 2040. The predicted octanol–water partition coefficient (Wildman–Crippen LogP) is 5.11. The molecule has 3 amide bonds. The van der Waals surface area contributed by atoms with Crippen LogP contribution in [0, 0.1) is 13.8 Å². The standard InChI is InChI=1S/C40H46N10O3/c1-25-19-32(7-8-34(25)50-17-12-36(51)46-40(50)52)47-15-10-31(11-16-47)49-22-29(23-49)27-3-5-30(6-4-27)44-39-43-20-28-9-14-48(24-33(28)45-39)35-21-42-38-37(26(35)2)41-13-18-53-38/h3-8,19-21,29,31,41H,9-18,22-24H2,1-2H3,(H,43,44,45)(H,46,51,52). The molecule has 0 saturated carbocycles. The van der Waals surface area contributed by atoms with E-state index in [0.717, 1.165) is 98.1 Å². The first-order valence-corrected chi connectivity index (χ1v) is 18.9. The lowest BCUT2D eigenvalue weighted by Gasteiger charge is -2.47. The fraction of sp³-hybridized carbons (Fsp3) is 0.425. The fourth-order valence-corrected chi connectivity index (χ4v) is 8.51. The lowest BCUT2D eigenvalue weighted by atomic mass is 9.88. The van der Waals surface area contributed by atoms with Crippen LogP contribution in [0.15, 0.2) is 54.9 Å². The molecule has 13 nitrogen and oxygen atoms in total. The van der Waals surface area contributed by atoms with Crippen LogP contribution < -0.4 is 35.4 Å². The molecule has 4 aromatic rings. The number of rotatable bonds is 7. The minimum atomic E-state index is -0.337. The number of aromatic nitrogens is 3. The largest absolute Gasteiger partial charge is 0.474 e. The molecule has 0 bridgehead atoms. The molecule has 0 aliphatic carbocycles. The second-order valence-electron chi connectivity index (χ2n) is 14.9. The summed E-state index contributed by atoms with van der Waals surface area (Å²) in [5.74, 6) is 1.64. The van der Waals surface area contributed by atoms with Crippen molar-refractivity contribution in [1.82, 2.24) is 25.2 Å². The van der Waals surface area contributed by atoms with Crippen molar-refractivity contribution in [3.63, 3.8) is 0 Å². The van der Waals surface area contributed by atoms with E-state index in [1.807, 2.05) is 25.4 Å². The Morgan fingerprint density at radius 3 is 2.51 bits per heavy atom.